The van der Waals surface area contributed by atoms with Gasteiger partial charge in [0.1, 0.15) is 23.2 Å². The number of aromatic nitrogens is 1. The van der Waals surface area contributed by atoms with Crippen LogP contribution in [-0.4, -0.2) is 16.2 Å². The van der Waals surface area contributed by atoms with Crippen molar-refractivity contribution in [2.75, 3.05) is 0 Å². The molecule has 5 nitrogen and oxygen atoms in total. The number of aliphatic imine (C=N–C) groups is 2. The fourth-order valence-corrected chi connectivity index (χ4v) is 8.08. The van der Waals surface area contributed by atoms with Gasteiger partial charge in [-0.05, 0) is 64.2 Å². The van der Waals surface area contributed by atoms with Crippen molar-refractivity contribution in [1.82, 2.24) is 9.88 Å². The fraction of sp³-hybridized carbons (Fsp3) is 0.0196. The molecule has 8 aromatic carbocycles. The van der Waals surface area contributed by atoms with E-state index in [9.17, 15) is 0 Å². The number of hydrogen-bond acceptors (Lipinski definition) is 4. The van der Waals surface area contributed by atoms with E-state index >= 15 is 0 Å². The van der Waals surface area contributed by atoms with Gasteiger partial charge < -0.3 is 14.3 Å². The largest absolute Gasteiger partial charge is 0.456 e. The van der Waals surface area contributed by atoms with Gasteiger partial charge in [0.05, 0.1) is 11.0 Å². The first-order valence-electron chi connectivity index (χ1n) is 18.9. The first-order valence-corrected chi connectivity index (χ1v) is 18.9. The summed E-state index contributed by atoms with van der Waals surface area (Å²) in [5.74, 6) is 1.47. The number of hydrogen-bond donors (Lipinski definition) is 1. The van der Waals surface area contributed by atoms with E-state index in [1.165, 1.54) is 27.5 Å². The van der Waals surface area contributed by atoms with E-state index in [1.807, 2.05) is 24.3 Å². The van der Waals surface area contributed by atoms with Crippen molar-refractivity contribution in [2.45, 2.75) is 6.17 Å². The predicted molar refractivity (Wildman–Crippen MR) is 231 cm³/mol. The molecule has 5 heteroatoms. The summed E-state index contributed by atoms with van der Waals surface area (Å²) in [5.41, 5.74) is 12.8. The van der Waals surface area contributed by atoms with Crippen LogP contribution in [0.4, 0.5) is 0 Å². The summed E-state index contributed by atoms with van der Waals surface area (Å²) in [6.07, 6.45) is -0.303. The van der Waals surface area contributed by atoms with E-state index in [2.05, 4.69) is 180 Å². The van der Waals surface area contributed by atoms with Crippen LogP contribution in [0.5, 0.6) is 0 Å². The van der Waals surface area contributed by atoms with E-state index < -0.39 is 0 Å². The molecule has 0 fully saturated rings. The molecule has 264 valence electrons. The second-order valence-corrected chi connectivity index (χ2v) is 14.3. The van der Waals surface area contributed by atoms with Crippen LogP contribution >= 0.6 is 0 Å². The lowest BCUT2D eigenvalue weighted by atomic mass is 9.99. The van der Waals surface area contributed by atoms with Crippen molar-refractivity contribution in [2.24, 2.45) is 9.98 Å². The standard InChI is InChI=1S/C51H34N4O/c1-3-11-33(12-4-1)34-19-21-35(22-20-34)36-23-25-38(26-24-36)50-52-49(37-13-5-2-6-14-37)53-51(54-50)39-27-29-42-41-15-7-9-17-45(41)55(46(42)31-39)40-28-30-48-44(32-40)43-16-8-10-18-47(43)56-48/h1-32,49H,(H,52,53,54). The Kier molecular flexibility index (Phi) is 7.49. The number of nitrogens with one attached hydrogen (secondary N) is 1. The lowest BCUT2D eigenvalue weighted by Crippen LogP contribution is -2.33. The van der Waals surface area contributed by atoms with Crippen molar-refractivity contribution < 1.29 is 4.42 Å². The van der Waals surface area contributed by atoms with Gasteiger partial charge in [-0.2, -0.15) is 0 Å². The van der Waals surface area contributed by atoms with Crippen LogP contribution in [0.15, 0.2) is 209 Å². The minimum atomic E-state index is -0.303. The van der Waals surface area contributed by atoms with Gasteiger partial charge in [-0.1, -0.05) is 158 Å². The van der Waals surface area contributed by atoms with E-state index in [4.69, 9.17) is 14.4 Å². The Labute approximate surface area is 323 Å². The van der Waals surface area contributed by atoms with Crippen LogP contribution in [0.1, 0.15) is 22.9 Å². The SMILES string of the molecule is c1ccc(-c2ccc(-c3ccc(C4=NC(c5ccc6c7ccccc7n(-c7ccc8oc9ccccc9c8c7)c6c5)=NC(c5ccccc5)N4)cc3)cc2)cc1. The third-order valence-corrected chi connectivity index (χ3v) is 10.9. The molecular formula is C51H34N4O. The van der Waals surface area contributed by atoms with Crippen molar-refractivity contribution in [3.63, 3.8) is 0 Å². The maximum atomic E-state index is 6.19. The molecule has 1 aliphatic heterocycles. The molecule has 0 bridgehead atoms. The number of para-hydroxylation sites is 2. The highest BCUT2D eigenvalue weighted by atomic mass is 16.3. The molecule has 0 saturated heterocycles. The van der Waals surface area contributed by atoms with Gasteiger partial charge in [0.15, 0.2) is 5.84 Å². The van der Waals surface area contributed by atoms with Gasteiger partial charge >= 0.3 is 0 Å². The maximum absolute atomic E-state index is 6.19. The zero-order chi connectivity index (χ0) is 37.0. The van der Waals surface area contributed by atoms with Gasteiger partial charge in [0, 0.05) is 38.4 Å². The molecule has 0 amide bonds. The van der Waals surface area contributed by atoms with Crippen LogP contribution in [0.2, 0.25) is 0 Å². The summed E-state index contributed by atoms with van der Waals surface area (Å²) < 4.78 is 8.54. The van der Waals surface area contributed by atoms with Gasteiger partial charge in [0.25, 0.3) is 0 Å². The molecule has 1 aliphatic rings. The summed E-state index contributed by atoms with van der Waals surface area (Å²) in [6, 6.07) is 68.1. The summed E-state index contributed by atoms with van der Waals surface area (Å²) in [4.78, 5) is 10.4. The second kappa shape index (κ2) is 13.1. The Balaban J connectivity index is 1.00. The number of furan rings is 1. The fourth-order valence-electron chi connectivity index (χ4n) is 8.08. The minimum absolute atomic E-state index is 0.303. The van der Waals surface area contributed by atoms with E-state index in [1.54, 1.807) is 0 Å². The molecule has 10 aromatic rings. The lowest BCUT2D eigenvalue weighted by molar-refractivity contribution is 0.669. The van der Waals surface area contributed by atoms with E-state index in [0.717, 1.165) is 66.7 Å². The predicted octanol–water partition coefficient (Wildman–Crippen LogP) is 12.5. The topological polar surface area (TPSA) is 54.8 Å². The zero-order valence-electron chi connectivity index (χ0n) is 30.3. The number of fused-ring (bicyclic) bond motifs is 6. The number of benzene rings is 8. The van der Waals surface area contributed by atoms with Gasteiger partial charge in [-0.15, -0.1) is 0 Å². The summed E-state index contributed by atoms with van der Waals surface area (Å²) in [6.45, 7) is 0. The Morgan fingerprint density at radius 1 is 0.429 bits per heavy atom. The summed E-state index contributed by atoms with van der Waals surface area (Å²) in [7, 11) is 0. The number of nitrogens with zero attached hydrogens (tertiary/aromatic N) is 3. The first kappa shape index (κ1) is 32.0. The average molecular weight is 719 g/mol. The van der Waals surface area contributed by atoms with Gasteiger partial charge in [-0.25, -0.2) is 9.98 Å². The van der Waals surface area contributed by atoms with Crippen LogP contribution in [0.3, 0.4) is 0 Å². The monoisotopic (exact) mass is 718 g/mol. The maximum Gasteiger partial charge on any atom is 0.159 e. The van der Waals surface area contributed by atoms with E-state index in [0.29, 0.717) is 5.84 Å². The minimum Gasteiger partial charge on any atom is -0.456 e. The molecule has 3 heterocycles. The van der Waals surface area contributed by atoms with Gasteiger partial charge in [-0.3, -0.25) is 0 Å². The highest BCUT2D eigenvalue weighted by Crippen LogP contribution is 2.36. The third kappa shape index (κ3) is 5.48. The van der Waals surface area contributed by atoms with Crippen LogP contribution < -0.4 is 5.32 Å². The van der Waals surface area contributed by atoms with Crippen molar-refractivity contribution in [3.05, 3.63) is 211 Å². The highest BCUT2D eigenvalue weighted by molar-refractivity contribution is 6.16. The van der Waals surface area contributed by atoms with Crippen molar-refractivity contribution in [1.29, 1.82) is 0 Å². The molecule has 1 unspecified atom stereocenters. The molecule has 0 spiro atoms. The quantitative estimate of drug-likeness (QED) is 0.186. The summed E-state index contributed by atoms with van der Waals surface area (Å²) in [5, 5.41) is 8.22. The molecule has 1 N–H and O–H groups in total. The molecule has 0 saturated carbocycles. The summed E-state index contributed by atoms with van der Waals surface area (Å²) >= 11 is 0. The first-order chi connectivity index (χ1) is 27.7. The lowest BCUT2D eigenvalue weighted by Gasteiger charge is -2.24. The molecule has 0 aliphatic carbocycles. The second-order valence-electron chi connectivity index (χ2n) is 14.3. The zero-order valence-corrected chi connectivity index (χ0v) is 30.3. The molecule has 11 rings (SSSR count). The Morgan fingerprint density at radius 3 is 1.75 bits per heavy atom. The van der Waals surface area contributed by atoms with E-state index in [-0.39, 0.29) is 6.17 Å². The Bertz CT molecular complexity index is 3140. The molecule has 56 heavy (non-hydrogen) atoms. The molecule has 1 atom stereocenters. The smallest absolute Gasteiger partial charge is 0.159 e. The van der Waals surface area contributed by atoms with Crippen molar-refractivity contribution >= 4 is 55.4 Å². The van der Waals surface area contributed by atoms with Crippen LogP contribution in [0, 0.1) is 0 Å². The Hall–Kier alpha value is -7.50. The number of rotatable bonds is 6. The average Bonchev–Trinajstić information content (AvgIpc) is 3.82. The molecule has 0 radical (unpaired) electrons. The normalized spacial score (nSPS) is 14.2. The molecule has 2 aromatic heterocycles. The van der Waals surface area contributed by atoms with Crippen LogP contribution in [0.25, 0.3) is 71.7 Å². The van der Waals surface area contributed by atoms with Crippen LogP contribution in [-0.2, 0) is 0 Å². The Morgan fingerprint density at radius 2 is 1.00 bits per heavy atom. The number of amidine groups is 2. The van der Waals surface area contributed by atoms with Crippen molar-refractivity contribution in [3.8, 4) is 27.9 Å². The van der Waals surface area contributed by atoms with Gasteiger partial charge in [0.2, 0.25) is 0 Å². The molecular weight excluding hydrogens is 685 g/mol. The highest BCUT2D eigenvalue weighted by Gasteiger charge is 2.22. The third-order valence-electron chi connectivity index (χ3n) is 10.9.